The number of nitrogens with zero attached hydrogens (tertiary/aromatic N) is 1. The average Bonchev–Trinajstić information content (AvgIpc) is 3.16. The Kier molecular flexibility index (Phi) is 7.48. The van der Waals surface area contributed by atoms with Crippen molar-refractivity contribution in [2.45, 2.75) is 6.61 Å². The van der Waals surface area contributed by atoms with E-state index in [-0.39, 0.29) is 17.9 Å². The number of ether oxygens (including phenoxy) is 2. The van der Waals surface area contributed by atoms with Crippen molar-refractivity contribution in [1.29, 1.82) is 0 Å². The summed E-state index contributed by atoms with van der Waals surface area (Å²) in [6.45, 7) is -0.319. The van der Waals surface area contributed by atoms with Crippen LogP contribution in [0.25, 0.3) is 6.08 Å². The first kappa shape index (κ1) is 25.0. The summed E-state index contributed by atoms with van der Waals surface area (Å²) in [4.78, 5) is 49.7. The molecule has 0 radical (unpaired) electrons. The van der Waals surface area contributed by atoms with E-state index in [1.807, 2.05) is 0 Å². The number of aromatic carboxylic acids is 1. The van der Waals surface area contributed by atoms with Crippen molar-refractivity contribution in [3.8, 4) is 11.5 Å². The number of methoxy groups -OCH3 is 1. The van der Waals surface area contributed by atoms with E-state index >= 15 is 0 Å². The SMILES string of the molecule is COc1ccccc1NC(=O)CN1C(=O)N/C(=C/c2ccccc2OCc2ccc(C(=O)O)cc2)C1=O. The molecule has 3 aromatic rings. The maximum Gasteiger partial charge on any atom is 0.335 e. The van der Waals surface area contributed by atoms with Gasteiger partial charge in [-0.2, -0.15) is 0 Å². The molecule has 3 N–H and O–H groups in total. The number of carboxylic acid groups (broad SMARTS) is 1. The highest BCUT2D eigenvalue weighted by molar-refractivity contribution is 6.16. The second kappa shape index (κ2) is 11.1. The molecule has 3 aromatic carbocycles. The number of carbonyl (C=O) groups excluding carboxylic acids is 3. The van der Waals surface area contributed by atoms with Crippen LogP contribution >= 0.6 is 0 Å². The molecule has 10 nitrogen and oxygen atoms in total. The molecule has 1 fully saturated rings. The number of amides is 4. The molecular formula is C27H23N3O7. The molecule has 4 rings (SSSR count). The average molecular weight is 501 g/mol. The molecule has 37 heavy (non-hydrogen) atoms. The molecule has 1 aliphatic rings. The van der Waals surface area contributed by atoms with Crippen LogP contribution in [0.1, 0.15) is 21.5 Å². The first-order valence-electron chi connectivity index (χ1n) is 11.2. The Bertz CT molecular complexity index is 1380. The van der Waals surface area contributed by atoms with Crippen LogP contribution in [-0.2, 0) is 16.2 Å². The number of nitrogens with one attached hydrogen (secondary N) is 2. The molecule has 1 aliphatic heterocycles. The molecule has 0 unspecified atom stereocenters. The predicted molar refractivity (Wildman–Crippen MR) is 134 cm³/mol. The summed E-state index contributed by atoms with van der Waals surface area (Å²) in [7, 11) is 1.47. The molecule has 10 heteroatoms. The molecule has 0 aromatic heterocycles. The van der Waals surface area contributed by atoms with Gasteiger partial charge in [0.2, 0.25) is 5.91 Å². The van der Waals surface area contributed by atoms with Crippen LogP contribution in [0.3, 0.4) is 0 Å². The van der Waals surface area contributed by atoms with Crippen LogP contribution in [0.5, 0.6) is 11.5 Å². The summed E-state index contributed by atoms with van der Waals surface area (Å²) < 4.78 is 11.1. The van der Waals surface area contributed by atoms with Gasteiger partial charge in [0.05, 0.1) is 18.4 Å². The standard InChI is InChI=1S/C27H23N3O7/c1-36-23-9-5-3-7-20(23)28-24(31)15-30-25(32)21(29-27(30)35)14-19-6-2-4-8-22(19)37-16-17-10-12-18(13-11-17)26(33)34/h2-14H,15-16H2,1H3,(H,28,31)(H,29,35)(H,33,34)/b21-14+. The Labute approximate surface area is 212 Å². The Morgan fingerprint density at radius 2 is 1.65 bits per heavy atom. The Morgan fingerprint density at radius 1 is 0.973 bits per heavy atom. The van der Waals surface area contributed by atoms with Gasteiger partial charge in [-0.25, -0.2) is 14.5 Å². The van der Waals surface area contributed by atoms with Gasteiger partial charge in [0.25, 0.3) is 5.91 Å². The van der Waals surface area contributed by atoms with Crippen molar-refractivity contribution >= 4 is 35.6 Å². The number of urea groups is 1. The van der Waals surface area contributed by atoms with E-state index in [1.165, 1.54) is 25.3 Å². The Balaban J connectivity index is 1.44. The maximum absolute atomic E-state index is 12.9. The monoisotopic (exact) mass is 501 g/mol. The van der Waals surface area contributed by atoms with Crippen molar-refractivity contribution in [1.82, 2.24) is 10.2 Å². The number of carbonyl (C=O) groups is 4. The highest BCUT2D eigenvalue weighted by Crippen LogP contribution is 2.25. The number of para-hydroxylation sites is 3. The van der Waals surface area contributed by atoms with E-state index in [2.05, 4.69) is 10.6 Å². The quantitative estimate of drug-likeness (QED) is 0.302. The number of imide groups is 1. The summed E-state index contributed by atoms with van der Waals surface area (Å²) in [5, 5.41) is 14.2. The van der Waals surface area contributed by atoms with Gasteiger partial charge in [-0.3, -0.25) is 9.59 Å². The zero-order chi connectivity index (χ0) is 26.4. The smallest absolute Gasteiger partial charge is 0.335 e. The second-order valence-corrected chi connectivity index (χ2v) is 7.96. The minimum absolute atomic E-state index is 0.00282. The van der Waals surface area contributed by atoms with Gasteiger partial charge in [0, 0.05) is 5.56 Å². The van der Waals surface area contributed by atoms with Crippen molar-refractivity contribution in [2.24, 2.45) is 0 Å². The van der Waals surface area contributed by atoms with E-state index in [1.54, 1.807) is 60.7 Å². The summed E-state index contributed by atoms with van der Waals surface area (Å²) in [5.41, 5.74) is 1.88. The Morgan fingerprint density at radius 3 is 2.35 bits per heavy atom. The molecule has 188 valence electrons. The number of rotatable bonds is 9. The summed E-state index contributed by atoms with van der Waals surface area (Å²) >= 11 is 0. The minimum Gasteiger partial charge on any atom is -0.495 e. The molecule has 0 spiro atoms. The molecule has 0 aliphatic carbocycles. The number of hydrogen-bond donors (Lipinski definition) is 3. The largest absolute Gasteiger partial charge is 0.495 e. The Hall–Kier alpha value is -5.12. The fraction of sp³-hybridized carbons (Fsp3) is 0.111. The summed E-state index contributed by atoms with van der Waals surface area (Å²) in [6, 6.07) is 19.3. The lowest BCUT2D eigenvalue weighted by Gasteiger charge is -2.13. The van der Waals surface area contributed by atoms with E-state index in [4.69, 9.17) is 14.6 Å². The predicted octanol–water partition coefficient (Wildman–Crippen LogP) is 3.50. The van der Waals surface area contributed by atoms with Gasteiger partial charge < -0.3 is 25.2 Å². The first-order valence-corrected chi connectivity index (χ1v) is 11.2. The highest BCUT2D eigenvalue weighted by atomic mass is 16.5. The molecule has 0 bridgehead atoms. The third kappa shape index (κ3) is 5.93. The van der Waals surface area contributed by atoms with E-state index in [9.17, 15) is 19.2 Å². The molecule has 1 saturated heterocycles. The lowest BCUT2D eigenvalue weighted by atomic mass is 10.1. The number of hydrogen-bond acceptors (Lipinski definition) is 6. The van der Waals surface area contributed by atoms with Crippen molar-refractivity contribution in [3.63, 3.8) is 0 Å². The third-order valence-corrected chi connectivity index (χ3v) is 5.46. The van der Waals surface area contributed by atoms with Crippen LogP contribution in [0.2, 0.25) is 0 Å². The molecule has 0 saturated carbocycles. The van der Waals surface area contributed by atoms with Crippen LogP contribution in [0, 0.1) is 0 Å². The zero-order valence-corrected chi connectivity index (χ0v) is 19.8. The van der Waals surface area contributed by atoms with Crippen LogP contribution < -0.4 is 20.1 Å². The zero-order valence-electron chi connectivity index (χ0n) is 19.8. The summed E-state index contributed by atoms with van der Waals surface area (Å²) in [6.07, 6.45) is 1.47. The molecule has 0 atom stereocenters. The van der Waals surface area contributed by atoms with E-state index in [0.717, 1.165) is 10.5 Å². The van der Waals surface area contributed by atoms with Crippen LogP contribution in [0.4, 0.5) is 10.5 Å². The van der Waals surface area contributed by atoms with Gasteiger partial charge in [-0.1, -0.05) is 42.5 Å². The number of benzene rings is 3. The molecular weight excluding hydrogens is 478 g/mol. The third-order valence-electron chi connectivity index (χ3n) is 5.46. The van der Waals surface area contributed by atoms with Gasteiger partial charge in [0.15, 0.2) is 0 Å². The normalized spacial score (nSPS) is 13.9. The van der Waals surface area contributed by atoms with E-state index < -0.39 is 30.4 Å². The van der Waals surface area contributed by atoms with Crippen LogP contribution in [-0.4, -0.2) is 47.5 Å². The van der Waals surface area contributed by atoms with E-state index in [0.29, 0.717) is 22.7 Å². The van der Waals surface area contributed by atoms with Crippen molar-refractivity contribution < 1.29 is 33.8 Å². The van der Waals surface area contributed by atoms with Crippen molar-refractivity contribution in [3.05, 3.63) is 95.2 Å². The second-order valence-electron chi connectivity index (χ2n) is 7.96. The highest BCUT2D eigenvalue weighted by Gasteiger charge is 2.35. The fourth-order valence-corrected chi connectivity index (χ4v) is 3.59. The van der Waals surface area contributed by atoms with Gasteiger partial charge in [-0.05, 0) is 42.0 Å². The lowest BCUT2D eigenvalue weighted by Crippen LogP contribution is -2.38. The van der Waals surface area contributed by atoms with Crippen LogP contribution in [0.15, 0.2) is 78.5 Å². The molecule has 4 amide bonds. The number of carboxylic acids is 1. The van der Waals surface area contributed by atoms with Crippen molar-refractivity contribution in [2.75, 3.05) is 19.0 Å². The lowest BCUT2D eigenvalue weighted by molar-refractivity contribution is -0.127. The maximum atomic E-state index is 12.9. The van der Waals surface area contributed by atoms with Gasteiger partial charge in [-0.15, -0.1) is 0 Å². The summed E-state index contributed by atoms with van der Waals surface area (Å²) in [5.74, 6) is -1.33. The van der Waals surface area contributed by atoms with Gasteiger partial charge >= 0.3 is 12.0 Å². The fourth-order valence-electron chi connectivity index (χ4n) is 3.59. The number of anilines is 1. The molecule has 1 heterocycles. The topological polar surface area (TPSA) is 134 Å². The minimum atomic E-state index is -1.01. The first-order chi connectivity index (χ1) is 17.9. The van der Waals surface area contributed by atoms with Gasteiger partial charge in [0.1, 0.15) is 30.3 Å².